The van der Waals surface area contributed by atoms with Gasteiger partial charge in [-0.1, -0.05) is 6.42 Å². The molecule has 0 saturated heterocycles. The van der Waals surface area contributed by atoms with Crippen LogP contribution in [0.3, 0.4) is 0 Å². The van der Waals surface area contributed by atoms with E-state index in [2.05, 4.69) is 21.4 Å². The van der Waals surface area contributed by atoms with Crippen molar-refractivity contribution in [3.63, 3.8) is 0 Å². The maximum Gasteiger partial charge on any atom is 0.222 e. The number of nitrogens with zero attached hydrogens (tertiary/aromatic N) is 3. The van der Waals surface area contributed by atoms with Crippen molar-refractivity contribution in [3.05, 3.63) is 42.1 Å². The largest absolute Gasteiger partial charge is 0.467 e. The standard InChI is InChI=1S/C18H24N4O2/c23-18(19-10-17-5-2-8-24-17)9-16-13-21(11-14-3-1-4-14)12-15-6-7-20-22(15)16/h2,5-8,14,16H,1,3-4,9-13H2,(H,19,23). The second kappa shape index (κ2) is 6.81. The molecule has 2 aliphatic rings. The lowest BCUT2D eigenvalue weighted by atomic mass is 9.85. The Balaban J connectivity index is 1.36. The van der Waals surface area contributed by atoms with E-state index in [9.17, 15) is 4.79 Å². The summed E-state index contributed by atoms with van der Waals surface area (Å²) in [6.45, 7) is 3.44. The molecule has 2 aromatic heterocycles. The number of aromatic nitrogens is 2. The van der Waals surface area contributed by atoms with Gasteiger partial charge in [0.15, 0.2) is 0 Å². The molecule has 128 valence electrons. The van der Waals surface area contributed by atoms with Crippen molar-refractivity contribution < 1.29 is 9.21 Å². The van der Waals surface area contributed by atoms with E-state index in [0.29, 0.717) is 13.0 Å². The van der Waals surface area contributed by atoms with Crippen LogP contribution in [0.25, 0.3) is 0 Å². The zero-order valence-electron chi connectivity index (χ0n) is 13.9. The summed E-state index contributed by atoms with van der Waals surface area (Å²) in [6, 6.07) is 5.88. The van der Waals surface area contributed by atoms with Gasteiger partial charge >= 0.3 is 0 Å². The fraction of sp³-hybridized carbons (Fsp3) is 0.556. The van der Waals surface area contributed by atoms with Gasteiger partial charge in [0, 0.05) is 25.8 Å². The SMILES string of the molecule is O=C(CC1CN(CC2CCC2)Cc2ccnn21)NCc1ccco1. The lowest BCUT2D eigenvalue weighted by Crippen LogP contribution is -2.42. The summed E-state index contributed by atoms with van der Waals surface area (Å²) in [4.78, 5) is 14.8. The van der Waals surface area contributed by atoms with Crippen molar-refractivity contribution in [1.29, 1.82) is 0 Å². The number of hydrogen-bond donors (Lipinski definition) is 1. The molecule has 6 nitrogen and oxygen atoms in total. The van der Waals surface area contributed by atoms with E-state index in [1.54, 1.807) is 6.26 Å². The van der Waals surface area contributed by atoms with Gasteiger partial charge in [-0.05, 0) is 37.0 Å². The summed E-state index contributed by atoms with van der Waals surface area (Å²) in [7, 11) is 0. The van der Waals surface area contributed by atoms with Crippen molar-refractivity contribution in [3.8, 4) is 0 Å². The van der Waals surface area contributed by atoms with Gasteiger partial charge in [-0.2, -0.15) is 5.10 Å². The van der Waals surface area contributed by atoms with Crippen LogP contribution in [0.4, 0.5) is 0 Å². The van der Waals surface area contributed by atoms with Crippen molar-refractivity contribution in [1.82, 2.24) is 20.0 Å². The second-order valence-electron chi connectivity index (χ2n) is 6.97. The number of carbonyl (C=O) groups is 1. The van der Waals surface area contributed by atoms with Gasteiger partial charge in [-0.3, -0.25) is 14.4 Å². The first kappa shape index (κ1) is 15.4. The summed E-state index contributed by atoms with van der Waals surface area (Å²) in [5.74, 6) is 1.66. The van der Waals surface area contributed by atoms with E-state index in [-0.39, 0.29) is 11.9 Å². The highest BCUT2D eigenvalue weighted by atomic mass is 16.3. The number of rotatable bonds is 6. The Morgan fingerprint density at radius 1 is 1.38 bits per heavy atom. The number of fused-ring (bicyclic) bond motifs is 1. The van der Waals surface area contributed by atoms with Crippen molar-refractivity contribution in [2.24, 2.45) is 5.92 Å². The fourth-order valence-corrected chi connectivity index (χ4v) is 3.68. The Kier molecular flexibility index (Phi) is 4.38. The van der Waals surface area contributed by atoms with Gasteiger partial charge < -0.3 is 9.73 Å². The third-order valence-electron chi connectivity index (χ3n) is 5.15. The highest BCUT2D eigenvalue weighted by Gasteiger charge is 2.30. The summed E-state index contributed by atoms with van der Waals surface area (Å²) in [5.41, 5.74) is 1.21. The van der Waals surface area contributed by atoms with E-state index in [4.69, 9.17) is 4.42 Å². The highest BCUT2D eigenvalue weighted by Crippen LogP contribution is 2.30. The van der Waals surface area contributed by atoms with Gasteiger partial charge in [0.05, 0.1) is 31.0 Å². The number of nitrogens with one attached hydrogen (secondary N) is 1. The van der Waals surface area contributed by atoms with Gasteiger partial charge in [-0.15, -0.1) is 0 Å². The van der Waals surface area contributed by atoms with Crippen LogP contribution >= 0.6 is 0 Å². The molecule has 3 heterocycles. The van der Waals surface area contributed by atoms with E-state index in [0.717, 1.165) is 31.3 Å². The summed E-state index contributed by atoms with van der Waals surface area (Å²) in [5, 5.41) is 7.38. The van der Waals surface area contributed by atoms with E-state index in [1.807, 2.05) is 23.0 Å². The Bertz CT molecular complexity index is 675. The maximum atomic E-state index is 12.3. The third kappa shape index (κ3) is 3.38. The van der Waals surface area contributed by atoms with Gasteiger partial charge in [0.1, 0.15) is 5.76 Å². The normalized spacial score (nSPS) is 21.2. The highest BCUT2D eigenvalue weighted by molar-refractivity contribution is 5.76. The lowest BCUT2D eigenvalue weighted by molar-refractivity contribution is -0.122. The predicted molar refractivity (Wildman–Crippen MR) is 89.1 cm³/mol. The molecule has 1 amide bonds. The smallest absolute Gasteiger partial charge is 0.222 e. The van der Waals surface area contributed by atoms with Crippen LogP contribution in [0, 0.1) is 5.92 Å². The molecule has 1 unspecified atom stereocenters. The van der Waals surface area contributed by atoms with E-state index in [1.165, 1.54) is 25.0 Å². The first-order valence-electron chi connectivity index (χ1n) is 8.82. The van der Waals surface area contributed by atoms with Gasteiger partial charge in [-0.25, -0.2) is 0 Å². The third-order valence-corrected chi connectivity index (χ3v) is 5.15. The first-order valence-corrected chi connectivity index (χ1v) is 8.82. The zero-order valence-corrected chi connectivity index (χ0v) is 13.9. The first-order chi connectivity index (χ1) is 11.8. The predicted octanol–water partition coefficient (Wildman–Crippen LogP) is 2.34. The van der Waals surface area contributed by atoms with Crippen LogP contribution in [0.15, 0.2) is 35.1 Å². The van der Waals surface area contributed by atoms with Crippen LogP contribution in [-0.2, 0) is 17.9 Å². The molecule has 2 aromatic rings. The minimum atomic E-state index is 0.0448. The monoisotopic (exact) mass is 328 g/mol. The van der Waals surface area contributed by atoms with Crippen molar-refractivity contribution in [2.45, 2.75) is 44.8 Å². The zero-order chi connectivity index (χ0) is 16.4. The molecule has 4 rings (SSSR count). The maximum absolute atomic E-state index is 12.3. The Morgan fingerprint density at radius 2 is 2.29 bits per heavy atom. The van der Waals surface area contributed by atoms with Crippen LogP contribution in [0.1, 0.15) is 43.2 Å². The van der Waals surface area contributed by atoms with Gasteiger partial charge in [0.2, 0.25) is 5.91 Å². The molecule has 0 spiro atoms. The van der Waals surface area contributed by atoms with Gasteiger partial charge in [0.25, 0.3) is 0 Å². The van der Waals surface area contributed by atoms with Crippen LogP contribution in [0.5, 0.6) is 0 Å². The van der Waals surface area contributed by atoms with Crippen molar-refractivity contribution in [2.75, 3.05) is 13.1 Å². The molecular weight excluding hydrogens is 304 g/mol. The Morgan fingerprint density at radius 3 is 3.04 bits per heavy atom. The molecule has 1 aliphatic heterocycles. The van der Waals surface area contributed by atoms with Crippen molar-refractivity contribution >= 4 is 5.91 Å². The average molecular weight is 328 g/mol. The molecule has 0 radical (unpaired) electrons. The number of carbonyl (C=O) groups excluding carboxylic acids is 1. The molecule has 0 bridgehead atoms. The minimum absolute atomic E-state index is 0.0448. The summed E-state index contributed by atoms with van der Waals surface area (Å²) in [6.07, 6.45) is 7.99. The van der Waals surface area contributed by atoms with Crippen LogP contribution in [0.2, 0.25) is 0 Å². The van der Waals surface area contributed by atoms with E-state index >= 15 is 0 Å². The molecular formula is C18H24N4O2. The average Bonchev–Trinajstić information content (AvgIpc) is 3.20. The quantitative estimate of drug-likeness (QED) is 0.884. The molecule has 24 heavy (non-hydrogen) atoms. The molecule has 1 atom stereocenters. The molecule has 1 fully saturated rings. The van der Waals surface area contributed by atoms with Crippen LogP contribution in [-0.4, -0.2) is 33.7 Å². The second-order valence-corrected chi connectivity index (χ2v) is 6.97. The molecule has 6 heteroatoms. The fourth-order valence-electron chi connectivity index (χ4n) is 3.68. The molecule has 1 N–H and O–H groups in total. The summed E-state index contributed by atoms with van der Waals surface area (Å²) >= 11 is 0. The number of furan rings is 1. The Labute approximate surface area is 141 Å². The minimum Gasteiger partial charge on any atom is -0.467 e. The number of hydrogen-bond acceptors (Lipinski definition) is 4. The topological polar surface area (TPSA) is 63.3 Å². The molecule has 0 aromatic carbocycles. The van der Waals surface area contributed by atoms with E-state index < -0.39 is 0 Å². The number of amides is 1. The Hall–Kier alpha value is -2.08. The molecule has 1 aliphatic carbocycles. The summed E-state index contributed by atoms with van der Waals surface area (Å²) < 4.78 is 7.29. The van der Waals surface area contributed by atoms with Crippen LogP contribution < -0.4 is 5.32 Å². The molecule has 1 saturated carbocycles. The lowest BCUT2D eigenvalue weighted by Gasteiger charge is -2.38.